The third-order valence-corrected chi connectivity index (χ3v) is 2.26. The van der Waals surface area contributed by atoms with Gasteiger partial charge in [-0.15, -0.1) is 0 Å². The molecule has 5 nitrogen and oxygen atoms in total. The van der Waals surface area contributed by atoms with Crippen LogP contribution in [0.5, 0.6) is 0 Å². The number of hydrogen-bond acceptors (Lipinski definition) is 3. The molecule has 0 aliphatic carbocycles. The Morgan fingerprint density at radius 1 is 1.57 bits per heavy atom. The minimum Gasteiger partial charge on any atom is -0.481 e. The number of carbonyl (C=O) groups excluding carboxylic acids is 1. The molecular formula is C9H15NO4. The zero-order valence-electron chi connectivity index (χ0n) is 8.23. The second-order valence-corrected chi connectivity index (χ2v) is 3.27. The van der Waals surface area contributed by atoms with Crippen molar-refractivity contribution in [3.8, 4) is 0 Å². The Balaban J connectivity index is 2.58. The minimum absolute atomic E-state index is 0.000417. The van der Waals surface area contributed by atoms with E-state index in [1.54, 1.807) is 11.8 Å². The van der Waals surface area contributed by atoms with Gasteiger partial charge in [0.05, 0.1) is 25.7 Å². The molecule has 1 N–H and O–H groups in total. The van der Waals surface area contributed by atoms with Gasteiger partial charge >= 0.3 is 5.97 Å². The SMILES string of the molecule is CCC(=O)N1CCOCC1CC(=O)O. The van der Waals surface area contributed by atoms with Gasteiger partial charge in [0.1, 0.15) is 0 Å². The van der Waals surface area contributed by atoms with Gasteiger partial charge in [0.15, 0.2) is 0 Å². The molecule has 1 aliphatic heterocycles. The third kappa shape index (κ3) is 2.70. The highest BCUT2D eigenvalue weighted by molar-refractivity contribution is 5.77. The van der Waals surface area contributed by atoms with E-state index in [0.717, 1.165) is 0 Å². The molecule has 1 fully saturated rings. The lowest BCUT2D eigenvalue weighted by Crippen LogP contribution is -2.49. The molecule has 80 valence electrons. The van der Waals surface area contributed by atoms with Crippen LogP contribution < -0.4 is 0 Å². The molecule has 5 heteroatoms. The Morgan fingerprint density at radius 3 is 2.86 bits per heavy atom. The number of rotatable bonds is 3. The van der Waals surface area contributed by atoms with E-state index in [9.17, 15) is 9.59 Å². The highest BCUT2D eigenvalue weighted by Crippen LogP contribution is 2.11. The van der Waals surface area contributed by atoms with Crippen molar-refractivity contribution in [1.82, 2.24) is 4.90 Å². The first-order valence-electron chi connectivity index (χ1n) is 4.74. The molecule has 0 aromatic carbocycles. The number of ether oxygens (including phenoxy) is 1. The summed E-state index contributed by atoms with van der Waals surface area (Å²) in [6.45, 7) is 3.11. The number of amides is 1. The Kier molecular flexibility index (Phi) is 3.88. The zero-order valence-corrected chi connectivity index (χ0v) is 8.23. The van der Waals surface area contributed by atoms with E-state index >= 15 is 0 Å². The average Bonchev–Trinajstić information content (AvgIpc) is 2.16. The first-order valence-corrected chi connectivity index (χ1v) is 4.74. The largest absolute Gasteiger partial charge is 0.481 e. The number of nitrogens with zero attached hydrogens (tertiary/aromatic N) is 1. The fraction of sp³-hybridized carbons (Fsp3) is 0.778. The zero-order chi connectivity index (χ0) is 10.6. The molecule has 1 saturated heterocycles. The van der Waals surface area contributed by atoms with Crippen LogP contribution in [0.1, 0.15) is 19.8 Å². The molecule has 0 saturated carbocycles. The summed E-state index contributed by atoms with van der Waals surface area (Å²) < 4.78 is 5.15. The average molecular weight is 201 g/mol. The number of hydrogen-bond donors (Lipinski definition) is 1. The third-order valence-electron chi connectivity index (χ3n) is 2.26. The Bertz CT molecular complexity index is 229. The van der Waals surface area contributed by atoms with Gasteiger partial charge in [-0.05, 0) is 0 Å². The van der Waals surface area contributed by atoms with E-state index in [0.29, 0.717) is 26.2 Å². The van der Waals surface area contributed by atoms with Crippen molar-refractivity contribution in [3.05, 3.63) is 0 Å². The van der Waals surface area contributed by atoms with E-state index in [4.69, 9.17) is 9.84 Å². The molecule has 1 atom stereocenters. The van der Waals surface area contributed by atoms with Crippen molar-refractivity contribution in [2.75, 3.05) is 19.8 Å². The van der Waals surface area contributed by atoms with Crippen LogP contribution in [0.15, 0.2) is 0 Å². The summed E-state index contributed by atoms with van der Waals surface area (Å²) in [6, 6.07) is -0.298. The molecule has 1 unspecified atom stereocenters. The molecule has 1 heterocycles. The van der Waals surface area contributed by atoms with Crippen molar-refractivity contribution in [2.24, 2.45) is 0 Å². The van der Waals surface area contributed by atoms with Crippen LogP contribution in [0.2, 0.25) is 0 Å². The maximum atomic E-state index is 11.4. The van der Waals surface area contributed by atoms with Crippen LogP contribution in [0.25, 0.3) is 0 Å². The number of aliphatic carboxylic acids is 1. The standard InChI is InChI=1S/C9H15NO4/c1-2-8(11)10-3-4-14-6-7(10)5-9(12)13/h7H,2-6H2,1H3,(H,12,13). The summed E-state index contributed by atoms with van der Waals surface area (Å²) in [6.07, 6.45) is 0.377. The Morgan fingerprint density at radius 2 is 2.29 bits per heavy atom. The predicted molar refractivity (Wildman–Crippen MR) is 48.9 cm³/mol. The lowest BCUT2D eigenvalue weighted by Gasteiger charge is -2.34. The minimum atomic E-state index is -0.894. The molecule has 1 amide bonds. The molecule has 0 radical (unpaired) electrons. The molecule has 0 aromatic rings. The smallest absolute Gasteiger partial charge is 0.305 e. The maximum Gasteiger partial charge on any atom is 0.305 e. The van der Waals surface area contributed by atoms with Gasteiger partial charge in [-0.25, -0.2) is 0 Å². The summed E-state index contributed by atoms with van der Waals surface area (Å²) >= 11 is 0. The highest BCUT2D eigenvalue weighted by atomic mass is 16.5. The second-order valence-electron chi connectivity index (χ2n) is 3.27. The van der Waals surface area contributed by atoms with Crippen LogP contribution in [-0.2, 0) is 14.3 Å². The lowest BCUT2D eigenvalue weighted by molar-refractivity contribution is -0.146. The fourth-order valence-corrected chi connectivity index (χ4v) is 1.56. The monoisotopic (exact) mass is 201 g/mol. The van der Waals surface area contributed by atoms with Crippen LogP contribution in [0.3, 0.4) is 0 Å². The van der Waals surface area contributed by atoms with Gasteiger partial charge in [0.2, 0.25) is 5.91 Å². The van der Waals surface area contributed by atoms with Gasteiger partial charge < -0.3 is 14.7 Å². The molecule has 0 aromatic heterocycles. The van der Waals surface area contributed by atoms with Crippen molar-refractivity contribution in [3.63, 3.8) is 0 Å². The highest BCUT2D eigenvalue weighted by Gasteiger charge is 2.27. The summed E-state index contributed by atoms with van der Waals surface area (Å²) in [5, 5.41) is 8.64. The Hall–Kier alpha value is -1.10. The Labute approximate surface area is 82.6 Å². The van der Waals surface area contributed by atoms with E-state index in [1.165, 1.54) is 0 Å². The van der Waals surface area contributed by atoms with Crippen LogP contribution in [0, 0.1) is 0 Å². The summed E-state index contributed by atoms with van der Waals surface area (Å²) in [5.41, 5.74) is 0. The number of carboxylic acids is 1. The quantitative estimate of drug-likeness (QED) is 0.703. The van der Waals surface area contributed by atoms with E-state index in [1.807, 2.05) is 0 Å². The fourth-order valence-electron chi connectivity index (χ4n) is 1.56. The van der Waals surface area contributed by atoms with Gasteiger partial charge in [-0.2, -0.15) is 0 Å². The molecule has 14 heavy (non-hydrogen) atoms. The molecular weight excluding hydrogens is 186 g/mol. The first-order chi connectivity index (χ1) is 6.65. The first kappa shape index (κ1) is 11.0. The number of carbonyl (C=O) groups is 2. The molecule has 1 aliphatic rings. The second kappa shape index (κ2) is 4.95. The van der Waals surface area contributed by atoms with Crippen molar-refractivity contribution >= 4 is 11.9 Å². The molecule has 1 rings (SSSR count). The van der Waals surface area contributed by atoms with E-state index in [-0.39, 0.29) is 18.4 Å². The predicted octanol–water partition coefficient (Wildman–Crippen LogP) is 0.0985. The van der Waals surface area contributed by atoms with Gasteiger partial charge in [-0.3, -0.25) is 9.59 Å². The summed E-state index contributed by atoms with van der Waals surface area (Å²) in [5.74, 6) is -0.894. The van der Waals surface area contributed by atoms with Gasteiger partial charge in [0.25, 0.3) is 0 Å². The number of carboxylic acid groups (broad SMARTS) is 1. The molecule has 0 bridgehead atoms. The van der Waals surface area contributed by atoms with Crippen molar-refractivity contribution < 1.29 is 19.4 Å². The normalized spacial score (nSPS) is 22.1. The van der Waals surface area contributed by atoms with E-state index < -0.39 is 5.97 Å². The van der Waals surface area contributed by atoms with Crippen molar-refractivity contribution in [1.29, 1.82) is 0 Å². The summed E-state index contributed by atoms with van der Waals surface area (Å²) in [4.78, 5) is 23.6. The van der Waals surface area contributed by atoms with Crippen LogP contribution >= 0.6 is 0 Å². The van der Waals surface area contributed by atoms with Crippen LogP contribution in [0.4, 0.5) is 0 Å². The summed E-state index contributed by atoms with van der Waals surface area (Å²) in [7, 11) is 0. The maximum absolute atomic E-state index is 11.4. The topological polar surface area (TPSA) is 66.8 Å². The molecule has 0 spiro atoms. The van der Waals surface area contributed by atoms with Crippen molar-refractivity contribution in [2.45, 2.75) is 25.8 Å². The van der Waals surface area contributed by atoms with Gasteiger partial charge in [-0.1, -0.05) is 6.92 Å². The van der Waals surface area contributed by atoms with E-state index in [2.05, 4.69) is 0 Å². The van der Waals surface area contributed by atoms with Crippen LogP contribution in [-0.4, -0.2) is 47.7 Å². The lowest BCUT2D eigenvalue weighted by atomic mass is 10.1. The number of morpholine rings is 1. The van der Waals surface area contributed by atoms with Gasteiger partial charge in [0, 0.05) is 13.0 Å².